The van der Waals surface area contributed by atoms with Crippen molar-refractivity contribution in [2.45, 2.75) is 0 Å². The molecule has 0 unspecified atom stereocenters. The van der Waals surface area contributed by atoms with Crippen molar-refractivity contribution in [3.8, 4) is 11.6 Å². The van der Waals surface area contributed by atoms with Gasteiger partial charge in [0.15, 0.2) is 0 Å². The summed E-state index contributed by atoms with van der Waals surface area (Å²) in [6.07, 6.45) is 4.39. The van der Waals surface area contributed by atoms with Gasteiger partial charge in [0, 0.05) is 6.07 Å². The largest absolute Gasteiger partial charge is 0.443 e. The molecule has 0 aliphatic carbocycles. The molecule has 0 amide bonds. The molecule has 0 spiro atoms. The molecule has 60 valence electrons. The van der Waals surface area contributed by atoms with Crippen LogP contribution in [-0.2, 0) is 0 Å². The lowest BCUT2D eigenvalue weighted by molar-refractivity contribution is 0.572. The second-order valence-corrected chi connectivity index (χ2v) is 2.45. The number of hydrogen-bond acceptors (Lipinski definition) is 4. The van der Waals surface area contributed by atoms with Crippen LogP contribution in [-0.4, -0.2) is 15.0 Å². The average Bonchev–Trinajstić information content (AvgIpc) is 2.56. The maximum Gasteiger partial charge on any atom is 0.245 e. The summed E-state index contributed by atoms with van der Waals surface area (Å²) in [6.45, 7) is 0. The van der Waals surface area contributed by atoms with Gasteiger partial charge in [0.05, 0.1) is 6.20 Å². The van der Waals surface area contributed by atoms with Gasteiger partial charge < -0.3 is 4.42 Å². The minimum Gasteiger partial charge on any atom is -0.443 e. The van der Waals surface area contributed by atoms with Crippen LogP contribution in [0.2, 0.25) is 5.15 Å². The van der Waals surface area contributed by atoms with Gasteiger partial charge in [-0.25, -0.2) is 15.0 Å². The maximum atomic E-state index is 5.64. The van der Waals surface area contributed by atoms with Crippen LogP contribution in [0.25, 0.3) is 11.6 Å². The number of nitrogens with zero attached hydrogens (tertiary/aromatic N) is 3. The van der Waals surface area contributed by atoms with Crippen LogP contribution < -0.4 is 0 Å². The van der Waals surface area contributed by atoms with E-state index in [2.05, 4.69) is 15.0 Å². The van der Waals surface area contributed by atoms with Crippen LogP contribution in [0.5, 0.6) is 0 Å². The van der Waals surface area contributed by atoms with Crippen molar-refractivity contribution < 1.29 is 4.42 Å². The van der Waals surface area contributed by atoms with Gasteiger partial charge in [0.1, 0.15) is 23.4 Å². The molecule has 0 saturated carbocycles. The Kier molecular flexibility index (Phi) is 1.75. The van der Waals surface area contributed by atoms with Crippen molar-refractivity contribution in [3.05, 3.63) is 30.0 Å². The molecular weight excluding hydrogens is 178 g/mol. The summed E-state index contributed by atoms with van der Waals surface area (Å²) < 4.78 is 5.01. The third-order valence-electron chi connectivity index (χ3n) is 1.29. The molecule has 0 N–H and O–H groups in total. The third-order valence-corrected chi connectivity index (χ3v) is 1.49. The highest BCUT2D eigenvalue weighted by Gasteiger charge is 2.03. The number of oxazole rings is 1. The van der Waals surface area contributed by atoms with Crippen molar-refractivity contribution in [1.29, 1.82) is 0 Å². The smallest absolute Gasteiger partial charge is 0.245 e. The molecule has 2 aromatic heterocycles. The summed E-state index contributed by atoms with van der Waals surface area (Å²) in [4.78, 5) is 11.6. The van der Waals surface area contributed by atoms with E-state index < -0.39 is 0 Å². The average molecular weight is 182 g/mol. The van der Waals surface area contributed by atoms with Gasteiger partial charge in [-0.15, -0.1) is 0 Å². The van der Waals surface area contributed by atoms with Gasteiger partial charge >= 0.3 is 0 Å². The Morgan fingerprint density at radius 2 is 2.17 bits per heavy atom. The molecule has 0 bridgehead atoms. The molecule has 2 aromatic rings. The Hall–Kier alpha value is -1.42. The van der Waals surface area contributed by atoms with E-state index in [-0.39, 0.29) is 0 Å². The predicted octanol–water partition coefficient (Wildman–Crippen LogP) is 1.78. The summed E-state index contributed by atoms with van der Waals surface area (Å²) in [5.41, 5.74) is 0.583. The summed E-state index contributed by atoms with van der Waals surface area (Å²) >= 11 is 5.64. The van der Waals surface area contributed by atoms with Crippen molar-refractivity contribution in [3.63, 3.8) is 0 Å². The van der Waals surface area contributed by atoms with Gasteiger partial charge in [0.25, 0.3) is 0 Å². The van der Waals surface area contributed by atoms with E-state index in [0.29, 0.717) is 16.7 Å². The lowest BCUT2D eigenvalue weighted by atomic mass is 10.4. The van der Waals surface area contributed by atoms with Crippen LogP contribution in [0.4, 0.5) is 0 Å². The minimum absolute atomic E-state index is 0.373. The van der Waals surface area contributed by atoms with E-state index in [1.165, 1.54) is 12.6 Å². The lowest BCUT2D eigenvalue weighted by Crippen LogP contribution is -1.84. The molecule has 0 aliphatic rings. The molecule has 5 heteroatoms. The molecule has 2 heterocycles. The summed E-state index contributed by atoms with van der Waals surface area (Å²) in [5.74, 6) is 0.444. The summed E-state index contributed by atoms with van der Waals surface area (Å²) in [5, 5.41) is 0.373. The van der Waals surface area contributed by atoms with E-state index in [1.807, 2.05) is 0 Å². The van der Waals surface area contributed by atoms with Crippen LogP contribution in [0.3, 0.4) is 0 Å². The van der Waals surface area contributed by atoms with Gasteiger partial charge in [-0.2, -0.15) is 0 Å². The molecule has 4 nitrogen and oxygen atoms in total. The monoisotopic (exact) mass is 181 g/mol. The SMILES string of the molecule is Clc1cc(-c2ncco2)ncn1. The van der Waals surface area contributed by atoms with Gasteiger partial charge in [-0.3, -0.25) is 0 Å². The zero-order chi connectivity index (χ0) is 8.39. The maximum absolute atomic E-state index is 5.64. The highest BCUT2D eigenvalue weighted by Crippen LogP contribution is 2.15. The third kappa shape index (κ3) is 1.29. The minimum atomic E-state index is 0.373. The first kappa shape index (κ1) is 7.24. The van der Waals surface area contributed by atoms with Crippen molar-refractivity contribution >= 4 is 11.6 Å². The topological polar surface area (TPSA) is 51.8 Å². The Balaban J connectivity index is 2.48. The fourth-order valence-corrected chi connectivity index (χ4v) is 0.947. The van der Waals surface area contributed by atoms with E-state index in [9.17, 15) is 0 Å². The Labute approximate surface area is 73.2 Å². The van der Waals surface area contributed by atoms with Gasteiger partial charge in [0.2, 0.25) is 5.89 Å². The summed E-state index contributed by atoms with van der Waals surface area (Å²) in [6, 6.07) is 1.59. The summed E-state index contributed by atoms with van der Waals surface area (Å²) in [7, 11) is 0. The standard InChI is InChI=1S/C7H4ClN3O/c8-6-3-5(10-4-11-6)7-9-1-2-12-7/h1-4H. The van der Waals surface area contributed by atoms with Crippen LogP contribution in [0.15, 0.2) is 29.3 Å². The molecule has 0 atom stereocenters. The fraction of sp³-hybridized carbons (Fsp3) is 0. The first-order valence-corrected chi connectivity index (χ1v) is 3.61. The van der Waals surface area contributed by atoms with E-state index in [4.69, 9.17) is 16.0 Å². The number of aromatic nitrogens is 3. The number of halogens is 1. The molecule has 12 heavy (non-hydrogen) atoms. The molecule has 0 saturated heterocycles. The first-order valence-electron chi connectivity index (χ1n) is 3.23. The van der Waals surface area contributed by atoms with Gasteiger partial charge in [-0.05, 0) is 0 Å². The van der Waals surface area contributed by atoms with Gasteiger partial charge in [-0.1, -0.05) is 11.6 Å². The van der Waals surface area contributed by atoms with Crippen molar-refractivity contribution in [1.82, 2.24) is 15.0 Å². The van der Waals surface area contributed by atoms with Crippen molar-refractivity contribution in [2.24, 2.45) is 0 Å². The molecule has 2 rings (SSSR count). The Bertz CT molecular complexity index is 374. The molecular formula is C7H4ClN3O. The van der Waals surface area contributed by atoms with E-state index in [1.54, 1.807) is 12.3 Å². The molecule has 0 aromatic carbocycles. The Morgan fingerprint density at radius 1 is 1.25 bits per heavy atom. The van der Waals surface area contributed by atoms with Crippen LogP contribution in [0, 0.1) is 0 Å². The highest BCUT2D eigenvalue weighted by molar-refractivity contribution is 6.29. The molecule has 0 radical (unpaired) electrons. The van der Waals surface area contributed by atoms with Crippen LogP contribution in [0.1, 0.15) is 0 Å². The van der Waals surface area contributed by atoms with Crippen molar-refractivity contribution in [2.75, 3.05) is 0 Å². The van der Waals surface area contributed by atoms with E-state index in [0.717, 1.165) is 0 Å². The zero-order valence-electron chi connectivity index (χ0n) is 5.94. The second kappa shape index (κ2) is 2.91. The lowest BCUT2D eigenvalue weighted by Gasteiger charge is -1.92. The quantitative estimate of drug-likeness (QED) is 0.630. The van der Waals surface area contributed by atoms with Crippen LogP contribution >= 0.6 is 11.6 Å². The molecule has 0 fully saturated rings. The normalized spacial score (nSPS) is 10.1. The number of hydrogen-bond donors (Lipinski definition) is 0. The molecule has 0 aliphatic heterocycles. The second-order valence-electron chi connectivity index (χ2n) is 2.06. The first-order chi connectivity index (χ1) is 5.86. The van der Waals surface area contributed by atoms with E-state index >= 15 is 0 Å². The predicted molar refractivity (Wildman–Crippen MR) is 42.5 cm³/mol. The fourth-order valence-electron chi connectivity index (χ4n) is 0.800. The zero-order valence-corrected chi connectivity index (χ0v) is 6.69. The Morgan fingerprint density at radius 3 is 2.83 bits per heavy atom. The highest BCUT2D eigenvalue weighted by atomic mass is 35.5. The number of rotatable bonds is 1.